The van der Waals surface area contributed by atoms with Crippen molar-refractivity contribution < 1.29 is 42.1 Å². The molecule has 0 aliphatic carbocycles. The summed E-state index contributed by atoms with van der Waals surface area (Å²) in [5.41, 5.74) is 0. The molecule has 0 saturated heterocycles. The number of ether oxygens (including phenoxy) is 2. The highest BCUT2D eigenvalue weighted by Crippen LogP contribution is 2.38. The van der Waals surface area contributed by atoms with Gasteiger partial charge in [-0.05, 0) is 77.0 Å². The van der Waals surface area contributed by atoms with Crippen molar-refractivity contribution >= 4 is 19.8 Å². The van der Waals surface area contributed by atoms with Crippen molar-refractivity contribution in [1.82, 2.24) is 0 Å². The zero-order chi connectivity index (χ0) is 55.6. The lowest BCUT2D eigenvalue weighted by Crippen LogP contribution is -2.37. The first-order valence-corrected chi connectivity index (χ1v) is 33.8. The molecule has 2 unspecified atom stereocenters. The maximum Gasteiger partial charge on any atom is 0.306 e. The number of phosphoric acid groups is 1. The molecule has 9 nitrogen and oxygen atoms in total. The van der Waals surface area contributed by atoms with Gasteiger partial charge in [-0.25, -0.2) is 0 Å². The van der Waals surface area contributed by atoms with Gasteiger partial charge in [0.05, 0.1) is 27.7 Å². The molecule has 0 aliphatic rings. The van der Waals surface area contributed by atoms with Gasteiger partial charge >= 0.3 is 11.9 Å². The molecule has 0 rings (SSSR count). The number of esters is 2. The topological polar surface area (TPSA) is 111 Å². The molecule has 0 heterocycles. The Hall–Kier alpha value is -2.03. The maximum atomic E-state index is 12.8. The van der Waals surface area contributed by atoms with Gasteiger partial charge in [0.2, 0.25) is 0 Å². The van der Waals surface area contributed by atoms with Crippen LogP contribution in [0.3, 0.4) is 0 Å². The Balaban J connectivity index is 3.93. The molecule has 0 aromatic heterocycles. The van der Waals surface area contributed by atoms with Crippen molar-refractivity contribution in [2.24, 2.45) is 0 Å². The Labute approximate surface area is 471 Å². The van der Waals surface area contributed by atoms with Crippen LogP contribution < -0.4 is 4.89 Å². The first kappa shape index (κ1) is 74.0. The summed E-state index contributed by atoms with van der Waals surface area (Å²) in [7, 11) is 1.17. The van der Waals surface area contributed by atoms with Crippen LogP contribution in [-0.4, -0.2) is 70.0 Å². The number of hydrogen-bond acceptors (Lipinski definition) is 8. The third-order valence-corrected chi connectivity index (χ3v) is 15.3. The van der Waals surface area contributed by atoms with Gasteiger partial charge in [0.15, 0.2) is 6.10 Å². The highest BCUT2D eigenvalue weighted by molar-refractivity contribution is 7.45. The minimum Gasteiger partial charge on any atom is -0.756 e. The average molecular weight is 1090 g/mol. The molecule has 446 valence electrons. The molecule has 0 spiro atoms. The number of quaternary nitrogens is 1. The van der Waals surface area contributed by atoms with Crippen molar-refractivity contribution in [2.75, 3.05) is 47.5 Å². The van der Waals surface area contributed by atoms with Crippen molar-refractivity contribution in [1.29, 1.82) is 0 Å². The third-order valence-electron chi connectivity index (χ3n) is 14.3. The second-order valence-corrected chi connectivity index (χ2v) is 24.5. The lowest BCUT2D eigenvalue weighted by Gasteiger charge is -2.28. The molecule has 0 aliphatic heterocycles. The summed E-state index contributed by atoms with van der Waals surface area (Å²) in [5.74, 6) is -0.837. The van der Waals surface area contributed by atoms with Crippen molar-refractivity contribution in [3.8, 4) is 0 Å². The normalized spacial score (nSPS) is 13.5. The van der Waals surface area contributed by atoms with E-state index in [2.05, 4.69) is 62.5 Å². The quantitative estimate of drug-likeness (QED) is 0.0195. The van der Waals surface area contributed by atoms with Gasteiger partial charge in [0, 0.05) is 12.8 Å². The number of hydrogen-bond donors (Lipinski definition) is 0. The van der Waals surface area contributed by atoms with Crippen molar-refractivity contribution in [2.45, 2.75) is 315 Å². The van der Waals surface area contributed by atoms with Gasteiger partial charge in [-0.1, -0.05) is 268 Å². The lowest BCUT2D eigenvalue weighted by atomic mass is 10.0. The van der Waals surface area contributed by atoms with Crippen molar-refractivity contribution in [3.05, 3.63) is 48.6 Å². The van der Waals surface area contributed by atoms with E-state index in [1.54, 1.807) is 0 Å². The largest absolute Gasteiger partial charge is 0.756 e. The van der Waals surface area contributed by atoms with Crippen LogP contribution >= 0.6 is 7.82 Å². The molecule has 0 amide bonds. The van der Waals surface area contributed by atoms with Gasteiger partial charge in [0.1, 0.15) is 19.8 Å². The number of carbonyl (C=O) groups excluding carboxylic acids is 2. The first-order valence-electron chi connectivity index (χ1n) is 32.3. The Kier molecular flexibility index (Phi) is 56.1. The SMILES string of the molecule is CCCCC/C=C\C/C=C\CCCCCCCC(=O)OCC(COP(=O)([O-])OCC[N+](C)(C)C)OC(=O)CCCCCCCCCCCCCCCCCCCCCCCCCCC/C=C\C/C=C\CCCCCCC. The Morgan fingerprint density at radius 2 is 0.711 bits per heavy atom. The molecule has 0 aromatic rings. The van der Waals surface area contributed by atoms with Crippen LogP contribution in [0, 0.1) is 0 Å². The number of likely N-dealkylation sites (N-methyl/N-ethyl adjacent to an activating group) is 1. The van der Waals surface area contributed by atoms with Crippen molar-refractivity contribution in [3.63, 3.8) is 0 Å². The fraction of sp³-hybridized carbons (Fsp3) is 0.848. The number of rotatable bonds is 60. The number of unbranched alkanes of at least 4 members (excludes halogenated alkanes) is 38. The average Bonchev–Trinajstić information content (AvgIpc) is 3.38. The van der Waals surface area contributed by atoms with Gasteiger partial charge in [0.25, 0.3) is 7.82 Å². The highest BCUT2D eigenvalue weighted by Gasteiger charge is 2.22. The molecular weight excluding hydrogens is 966 g/mol. The summed E-state index contributed by atoms with van der Waals surface area (Å²) in [6.45, 7) is 4.22. The van der Waals surface area contributed by atoms with Gasteiger partial charge in [-0.3, -0.25) is 14.2 Å². The van der Waals surface area contributed by atoms with Crippen LogP contribution in [0.1, 0.15) is 309 Å². The Morgan fingerprint density at radius 3 is 1.07 bits per heavy atom. The second-order valence-electron chi connectivity index (χ2n) is 23.1. The molecule has 2 atom stereocenters. The number of allylic oxidation sites excluding steroid dienone is 8. The Morgan fingerprint density at radius 1 is 0.408 bits per heavy atom. The van der Waals surface area contributed by atoms with E-state index in [1.165, 1.54) is 212 Å². The molecule has 76 heavy (non-hydrogen) atoms. The summed E-state index contributed by atoms with van der Waals surface area (Å²) in [6, 6.07) is 0. The monoisotopic (exact) mass is 1090 g/mol. The maximum absolute atomic E-state index is 12.8. The number of phosphoric ester groups is 1. The van der Waals surface area contributed by atoms with Crippen LogP contribution in [-0.2, 0) is 32.7 Å². The standard InChI is InChI=1S/C66H124NO8P/c1-6-8-10-12-14-16-18-20-22-23-24-25-26-27-28-29-30-31-32-33-34-35-36-37-38-39-40-41-42-43-45-47-49-51-53-55-57-59-66(69)75-64(63-74-76(70,71)73-61-60-67(3,4)5)62-72-65(68)58-56-54-52-50-48-46-44-21-19-17-15-13-11-9-7-2/h15,17-18,20-21,23-24,44,64H,6-14,16,19,22,25-43,45-63H2,1-5H3/b17-15-,20-18-,24-23-,44-21-. The van der Waals surface area contributed by atoms with Gasteiger partial charge in [-0.15, -0.1) is 0 Å². The first-order chi connectivity index (χ1) is 37.0. The summed E-state index contributed by atoms with van der Waals surface area (Å²) >= 11 is 0. The van der Waals surface area contributed by atoms with Gasteiger partial charge in [-0.2, -0.15) is 0 Å². The molecule has 0 N–H and O–H groups in total. The fourth-order valence-electron chi connectivity index (χ4n) is 9.31. The van der Waals surface area contributed by atoms with E-state index in [1.807, 2.05) is 21.1 Å². The lowest BCUT2D eigenvalue weighted by molar-refractivity contribution is -0.870. The van der Waals surface area contributed by atoms with Crippen LogP contribution in [0.2, 0.25) is 0 Å². The van der Waals surface area contributed by atoms with Crippen LogP contribution in [0.15, 0.2) is 48.6 Å². The summed E-state index contributed by atoms with van der Waals surface area (Å²) < 4.78 is 34.2. The minimum atomic E-state index is -4.64. The van der Waals surface area contributed by atoms with E-state index in [0.29, 0.717) is 23.9 Å². The van der Waals surface area contributed by atoms with E-state index in [4.69, 9.17) is 18.5 Å². The molecule has 0 radical (unpaired) electrons. The highest BCUT2D eigenvalue weighted by atomic mass is 31.2. The predicted molar refractivity (Wildman–Crippen MR) is 324 cm³/mol. The van der Waals surface area contributed by atoms with E-state index < -0.39 is 32.5 Å². The van der Waals surface area contributed by atoms with Gasteiger partial charge < -0.3 is 27.9 Å². The smallest absolute Gasteiger partial charge is 0.306 e. The molecule has 10 heteroatoms. The summed E-state index contributed by atoms with van der Waals surface area (Å²) in [5, 5.41) is 0. The summed E-state index contributed by atoms with van der Waals surface area (Å²) in [6.07, 6.45) is 73.4. The van der Waals surface area contributed by atoms with Crippen LogP contribution in [0.5, 0.6) is 0 Å². The predicted octanol–water partition coefficient (Wildman–Crippen LogP) is 19.9. The summed E-state index contributed by atoms with van der Waals surface area (Å²) in [4.78, 5) is 37.9. The van der Waals surface area contributed by atoms with E-state index in [0.717, 1.165) is 57.8 Å². The minimum absolute atomic E-state index is 0.0321. The second kappa shape index (κ2) is 57.6. The fourth-order valence-corrected chi connectivity index (χ4v) is 10.0. The molecule has 0 aromatic carbocycles. The zero-order valence-corrected chi connectivity index (χ0v) is 51.6. The van der Waals surface area contributed by atoms with E-state index in [9.17, 15) is 19.0 Å². The van der Waals surface area contributed by atoms with Crippen LogP contribution in [0.25, 0.3) is 0 Å². The zero-order valence-electron chi connectivity index (χ0n) is 50.7. The van der Waals surface area contributed by atoms with Crippen LogP contribution in [0.4, 0.5) is 0 Å². The molecule has 0 saturated carbocycles. The molecule has 0 fully saturated rings. The van der Waals surface area contributed by atoms with E-state index in [-0.39, 0.29) is 26.1 Å². The number of nitrogens with zero attached hydrogens (tertiary/aromatic N) is 1. The molecular formula is C66H124NO8P. The van der Waals surface area contributed by atoms with E-state index >= 15 is 0 Å². The number of carbonyl (C=O) groups is 2. The molecule has 0 bridgehead atoms. The Bertz CT molecular complexity index is 1420. The third kappa shape index (κ3) is 61.2.